The van der Waals surface area contributed by atoms with Crippen molar-refractivity contribution < 1.29 is 27.5 Å². The van der Waals surface area contributed by atoms with Crippen LogP contribution in [0.5, 0.6) is 0 Å². The summed E-state index contributed by atoms with van der Waals surface area (Å²) in [6, 6.07) is 6.02. The van der Waals surface area contributed by atoms with Gasteiger partial charge in [-0.15, -0.1) is 0 Å². The number of fused-ring (bicyclic) bond motifs is 1. The first-order valence-electron chi connectivity index (χ1n) is 6.34. The minimum absolute atomic E-state index is 0.0780. The molecule has 10 heteroatoms. The fourth-order valence-electron chi connectivity index (χ4n) is 2.09. The average molecular weight is 404 g/mol. The van der Waals surface area contributed by atoms with Crippen LogP contribution in [0.3, 0.4) is 0 Å². The van der Waals surface area contributed by atoms with Gasteiger partial charge in [0.1, 0.15) is 5.82 Å². The lowest BCUT2D eigenvalue weighted by Crippen LogP contribution is -2.10. The van der Waals surface area contributed by atoms with Crippen LogP contribution in [0, 0.1) is 5.82 Å². The molecule has 0 fully saturated rings. The predicted octanol–water partition coefficient (Wildman–Crippen LogP) is 4.01. The number of hydrogen-bond acceptors (Lipinski definition) is 3. The van der Waals surface area contributed by atoms with Gasteiger partial charge < -0.3 is 5.11 Å². The fraction of sp³-hybridized carbons (Fsp3) is 0.0714. The molecule has 124 valence electrons. The van der Waals surface area contributed by atoms with Gasteiger partial charge in [-0.2, -0.15) is 18.3 Å². The molecule has 0 unspecified atom stereocenters. The molecule has 0 atom stereocenters. The van der Waals surface area contributed by atoms with Crippen molar-refractivity contribution in [2.24, 2.45) is 0 Å². The zero-order valence-corrected chi connectivity index (χ0v) is 13.1. The first kappa shape index (κ1) is 16.4. The van der Waals surface area contributed by atoms with Crippen LogP contribution in [-0.2, 0) is 6.18 Å². The van der Waals surface area contributed by atoms with Crippen molar-refractivity contribution in [1.82, 2.24) is 14.6 Å². The lowest BCUT2D eigenvalue weighted by molar-refractivity contribution is -0.141. The lowest BCUT2D eigenvalue weighted by Gasteiger charge is -2.05. The summed E-state index contributed by atoms with van der Waals surface area (Å²) in [5.74, 6) is -1.99. The van der Waals surface area contributed by atoms with Gasteiger partial charge in [0.2, 0.25) is 0 Å². The Labute approximate surface area is 139 Å². The molecule has 3 aromatic rings. The number of hydrogen-bond donors (Lipinski definition) is 1. The number of aromatic carboxylic acids is 1. The third-order valence-electron chi connectivity index (χ3n) is 3.16. The number of alkyl halides is 3. The predicted molar refractivity (Wildman–Crippen MR) is 78.0 cm³/mol. The van der Waals surface area contributed by atoms with Gasteiger partial charge in [-0.25, -0.2) is 18.7 Å². The SMILES string of the molecule is O=C(O)c1cc(-c2ccc(F)cc2)nc2c(Br)c(C(F)(F)F)nn12. The molecular weight excluding hydrogens is 398 g/mol. The summed E-state index contributed by atoms with van der Waals surface area (Å²) in [6.07, 6.45) is -4.78. The van der Waals surface area contributed by atoms with Crippen LogP contribution in [-0.4, -0.2) is 25.7 Å². The molecule has 0 aliphatic rings. The molecular formula is C14H6BrF4N3O2. The van der Waals surface area contributed by atoms with E-state index in [2.05, 4.69) is 26.0 Å². The Hall–Kier alpha value is -2.49. The highest BCUT2D eigenvalue weighted by Crippen LogP contribution is 2.36. The van der Waals surface area contributed by atoms with Gasteiger partial charge in [-0.3, -0.25) is 0 Å². The number of carbonyl (C=O) groups is 1. The zero-order valence-electron chi connectivity index (χ0n) is 11.5. The van der Waals surface area contributed by atoms with Crippen LogP contribution in [0.25, 0.3) is 16.9 Å². The Balaban J connectivity index is 2.32. The Morgan fingerprint density at radius 3 is 2.38 bits per heavy atom. The van der Waals surface area contributed by atoms with Gasteiger partial charge in [0.25, 0.3) is 0 Å². The van der Waals surface area contributed by atoms with E-state index in [1.54, 1.807) is 0 Å². The highest BCUT2D eigenvalue weighted by Gasteiger charge is 2.38. The van der Waals surface area contributed by atoms with E-state index >= 15 is 0 Å². The molecule has 0 aliphatic carbocycles. The van der Waals surface area contributed by atoms with Crippen molar-refractivity contribution in [3.05, 3.63) is 52.0 Å². The molecule has 0 bridgehead atoms. The number of carboxylic acid groups (broad SMARTS) is 1. The second-order valence-electron chi connectivity index (χ2n) is 4.73. The molecule has 2 aromatic heterocycles. The fourth-order valence-corrected chi connectivity index (χ4v) is 2.65. The Bertz CT molecular complexity index is 951. The monoisotopic (exact) mass is 403 g/mol. The third kappa shape index (κ3) is 2.73. The second-order valence-corrected chi connectivity index (χ2v) is 5.53. The van der Waals surface area contributed by atoms with E-state index in [9.17, 15) is 27.5 Å². The number of benzene rings is 1. The maximum atomic E-state index is 13.0. The highest BCUT2D eigenvalue weighted by molar-refractivity contribution is 9.10. The van der Waals surface area contributed by atoms with Crippen LogP contribution in [0.1, 0.15) is 16.2 Å². The average Bonchev–Trinajstić information content (AvgIpc) is 2.84. The van der Waals surface area contributed by atoms with Crippen LogP contribution < -0.4 is 0 Å². The van der Waals surface area contributed by atoms with E-state index in [0.29, 0.717) is 10.1 Å². The van der Waals surface area contributed by atoms with Crippen molar-refractivity contribution >= 4 is 27.5 Å². The molecule has 5 nitrogen and oxygen atoms in total. The molecule has 2 heterocycles. The molecule has 0 spiro atoms. The van der Waals surface area contributed by atoms with Crippen LogP contribution in [0.2, 0.25) is 0 Å². The standard InChI is InChI=1S/C14H6BrF4N3O2/c15-10-11(14(17,18)19)21-22-9(13(23)24)5-8(20-12(10)22)6-1-3-7(16)4-2-6/h1-5H,(H,23,24). The quantitative estimate of drug-likeness (QED) is 0.656. The summed E-state index contributed by atoms with van der Waals surface area (Å²) in [5.41, 5.74) is -1.66. The number of nitrogens with zero attached hydrogens (tertiary/aromatic N) is 3. The van der Waals surface area contributed by atoms with E-state index < -0.39 is 33.8 Å². The lowest BCUT2D eigenvalue weighted by atomic mass is 10.1. The van der Waals surface area contributed by atoms with Gasteiger partial charge in [0.15, 0.2) is 17.0 Å². The van der Waals surface area contributed by atoms with Gasteiger partial charge in [0.05, 0.1) is 10.2 Å². The molecule has 0 aliphatic heterocycles. The van der Waals surface area contributed by atoms with Crippen molar-refractivity contribution in [3.63, 3.8) is 0 Å². The Morgan fingerprint density at radius 1 is 1.21 bits per heavy atom. The molecule has 0 saturated heterocycles. The summed E-state index contributed by atoms with van der Waals surface area (Å²) in [5, 5.41) is 12.6. The third-order valence-corrected chi connectivity index (χ3v) is 3.89. The summed E-state index contributed by atoms with van der Waals surface area (Å²) in [4.78, 5) is 15.4. The maximum Gasteiger partial charge on any atom is 0.436 e. The van der Waals surface area contributed by atoms with E-state index in [4.69, 9.17) is 0 Å². The normalized spacial score (nSPS) is 11.9. The number of rotatable bonds is 2. The molecule has 1 aromatic carbocycles. The number of carboxylic acids is 1. The van der Waals surface area contributed by atoms with Crippen LogP contribution in [0.15, 0.2) is 34.8 Å². The molecule has 24 heavy (non-hydrogen) atoms. The summed E-state index contributed by atoms with van der Waals surface area (Å²) in [7, 11) is 0. The van der Waals surface area contributed by atoms with Gasteiger partial charge in [-0.1, -0.05) is 0 Å². The van der Waals surface area contributed by atoms with E-state index in [0.717, 1.165) is 18.2 Å². The van der Waals surface area contributed by atoms with E-state index in [-0.39, 0.29) is 11.3 Å². The molecule has 0 radical (unpaired) electrons. The first-order valence-corrected chi connectivity index (χ1v) is 7.13. The Kier molecular flexibility index (Phi) is 3.78. The summed E-state index contributed by atoms with van der Waals surface area (Å²) in [6.45, 7) is 0. The summed E-state index contributed by atoms with van der Waals surface area (Å²) < 4.78 is 52.0. The molecule has 1 N–H and O–H groups in total. The van der Waals surface area contributed by atoms with Crippen LogP contribution >= 0.6 is 15.9 Å². The van der Waals surface area contributed by atoms with Crippen LogP contribution in [0.4, 0.5) is 17.6 Å². The van der Waals surface area contributed by atoms with Crippen molar-refractivity contribution in [1.29, 1.82) is 0 Å². The second kappa shape index (κ2) is 5.55. The zero-order chi connectivity index (χ0) is 17.6. The minimum Gasteiger partial charge on any atom is -0.477 e. The van der Waals surface area contributed by atoms with E-state index in [1.807, 2.05) is 0 Å². The topological polar surface area (TPSA) is 67.5 Å². The first-order chi connectivity index (χ1) is 11.2. The molecule has 0 amide bonds. The smallest absolute Gasteiger partial charge is 0.436 e. The highest BCUT2D eigenvalue weighted by atomic mass is 79.9. The number of halogens is 5. The maximum absolute atomic E-state index is 13.0. The number of aromatic nitrogens is 3. The Morgan fingerprint density at radius 2 is 1.83 bits per heavy atom. The van der Waals surface area contributed by atoms with Gasteiger partial charge >= 0.3 is 12.1 Å². The molecule has 0 saturated carbocycles. The largest absolute Gasteiger partial charge is 0.477 e. The van der Waals surface area contributed by atoms with E-state index in [1.165, 1.54) is 12.1 Å². The van der Waals surface area contributed by atoms with Gasteiger partial charge in [-0.05, 0) is 46.3 Å². The van der Waals surface area contributed by atoms with Crippen molar-refractivity contribution in [2.75, 3.05) is 0 Å². The van der Waals surface area contributed by atoms with Gasteiger partial charge in [0, 0.05) is 5.56 Å². The molecule has 3 rings (SSSR count). The van der Waals surface area contributed by atoms with Crippen molar-refractivity contribution in [2.45, 2.75) is 6.18 Å². The summed E-state index contributed by atoms with van der Waals surface area (Å²) >= 11 is 2.77. The van der Waals surface area contributed by atoms with Crippen molar-refractivity contribution in [3.8, 4) is 11.3 Å². The minimum atomic E-state index is -4.78.